The standard InChI is InChI=1S/C68H116NO8P/c1-6-8-10-12-14-16-18-20-22-24-25-26-27-28-29-30-31-32-33-34-35-36-37-38-39-40-41-42-43-45-47-49-51-53-55-57-59-61-68(71)77-66(65-76-78(72,73)75-63-62-69(3,4)5)64-74-67(70)60-58-56-54-52-50-48-46-44-23-21-19-17-15-13-11-9-7-2/h8,10,14,16,20,22,25-26,28-29,31-32,34-35,37-38,40-41,43,45,66H,6-7,9,11-13,15,17-19,21,23-24,27,30,33,36,39,42,44,46-65H2,1-5H3/b10-8-,16-14-,22-20-,26-25-,29-28-,32-31-,35-34-,38-37-,41-40-,45-43-. The van der Waals surface area contributed by atoms with E-state index in [-0.39, 0.29) is 32.0 Å². The minimum Gasteiger partial charge on any atom is -0.756 e. The van der Waals surface area contributed by atoms with Crippen molar-refractivity contribution in [3.05, 3.63) is 122 Å². The summed E-state index contributed by atoms with van der Waals surface area (Å²) in [6.45, 7) is 4.11. The van der Waals surface area contributed by atoms with Gasteiger partial charge >= 0.3 is 11.9 Å². The van der Waals surface area contributed by atoms with Crippen molar-refractivity contribution >= 4 is 19.8 Å². The first kappa shape index (κ1) is 74.4. The van der Waals surface area contributed by atoms with E-state index < -0.39 is 26.5 Å². The number of likely N-dealkylation sites (N-methyl/N-ethyl adjacent to an activating group) is 1. The van der Waals surface area contributed by atoms with Crippen LogP contribution in [0.2, 0.25) is 0 Å². The Morgan fingerprint density at radius 3 is 1.09 bits per heavy atom. The van der Waals surface area contributed by atoms with Crippen LogP contribution in [0.25, 0.3) is 0 Å². The van der Waals surface area contributed by atoms with Crippen molar-refractivity contribution in [3.63, 3.8) is 0 Å². The Balaban J connectivity index is 4.17. The Bertz CT molecular complexity index is 1730. The van der Waals surface area contributed by atoms with Gasteiger partial charge in [-0.15, -0.1) is 0 Å². The Morgan fingerprint density at radius 1 is 0.410 bits per heavy atom. The van der Waals surface area contributed by atoms with Crippen LogP contribution in [0.5, 0.6) is 0 Å². The summed E-state index contributed by atoms with van der Waals surface area (Å²) in [6.07, 6.45) is 82.5. The summed E-state index contributed by atoms with van der Waals surface area (Å²) < 4.78 is 34.2. The highest BCUT2D eigenvalue weighted by atomic mass is 31.2. The number of esters is 2. The van der Waals surface area contributed by atoms with Crippen LogP contribution in [0.15, 0.2) is 122 Å². The number of unbranched alkanes of at least 4 members (excludes halogenated alkanes) is 22. The van der Waals surface area contributed by atoms with E-state index in [1.165, 1.54) is 89.9 Å². The van der Waals surface area contributed by atoms with Gasteiger partial charge in [-0.1, -0.05) is 264 Å². The van der Waals surface area contributed by atoms with Gasteiger partial charge in [0.2, 0.25) is 0 Å². The van der Waals surface area contributed by atoms with Gasteiger partial charge in [-0.05, 0) is 89.9 Å². The van der Waals surface area contributed by atoms with E-state index in [1.54, 1.807) is 0 Å². The molecule has 0 saturated heterocycles. The SMILES string of the molecule is CC/C=C\C/C=C\C/C=C\C/C=C\C/C=C\C/C=C\C/C=C\C/C=C\C/C=C\C/C=C\CCCCCCCCC(=O)OC(COC(=O)CCCCCCCCCCCCCCCCCCC)COP(=O)([O-])OCC[N+](C)(C)C. The van der Waals surface area contributed by atoms with Gasteiger partial charge in [0.15, 0.2) is 6.10 Å². The summed E-state index contributed by atoms with van der Waals surface area (Å²) >= 11 is 0. The van der Waals surface area contributed by atoms with Crippen molar-refractivity contribution in [2.45, 2.75) is 251 Å². The largest absolute Gasteiger partial charge is 0.756 e. The highest BCUT2D eigenvalue weighted by Gasteiger charge is 2.22. The predicted octanol–water partition coefficient (Wildman–Crippen LogP) is 19.3. The number of carbonyl (C=O) groups excluding carboxylic acids is 2. The molecule has 0 aliphatic heterocycles. The van der Waals surface area contributed by atoms with Crippen molar-refractivity contribution in [2.24, 2.45) is 0 Å². The Labute approximate surface area is 479 Å². The van der Waals surface area contributed by atoms with Gasteiger partial charge in [-0.25, -0.2) is 0 Å². The molecular formula is C68H116NO8P. The van der Waals surface area contributed by atoms with Crippen LogP contribution >= 0.6 is 7.82 Å². The molecule has 0 aromatic heterocycles. The van der Waals surface area contributed by atoms with Gasteiger partial charge < -0.3 is 27.9 Å². The molecule has 0 rings (SSSR count). The summed E-state index contributed by atoms with van der Waals surface area (Å²) in [7, 11) is 1.15. The number of allylic oxidation sites excluding steroid dienone is 20. The van der Waals surface area contributed by atoms with Crippen LogP contribution in [0.1, 0.15) is 245 Å². The fourth-order valence-electron chi connectivity index (χ4n) is 8.21. The lowest BCUT2D eigenvalue weighted by atomic mass is 10.0. The number of ether oxygens (including phenoxy) is 2. The lowest BCUT2D eigenvalue weighted by Crippen LogP contribution is -2.37. The molecule has 0 aliphatic carbocycles. The molecule has 0 spiro atoms. The molecule has 0 radical (unpaired) electrons. The monoisotopic (exact) mass is 1110 g/mol. The van der Waals surface area contributed by atoms with Crippen LogP contribution in [0, 0.1) is 0 Å². The minimum atomic E-state index is -4.65. The molecule has 446 valence electrons. The summed E-state index contributed by atoms with van der Waals surface area (Å²) in [4.78, 5) is 37.9. The maximum absolute atomic E-state index is 12.8. The van der Waals surface area contributed by atoms with E-state index >= 15 is 0 Å². The van der Waals surface area contributed by atoms with Gasteiger partial charge in [0.1, 0.15) is 19.8 Å². The van der Waals surface area contributed by atoms with E-state index in [1.807, 2.05) is 21.1 Å². The smallest absolute Gasteiger partial charge is 0.306 e. The second-order valence-electron chi connectivity index (χ2n) is 21.7. The number of phosphoric acid groups is 1. The number of quaternary nitrogens is 1. The highest BCUT2D eigenvalue weighted by molar-refractivity contribution is 7.45. The number of nitrogens with zero attached hydrogens (tertiary/aromatic N) is 1. The molecule has 0 N–H and O–H groups in total. The van der Waals surface area contributed by atoms with Crippen LogP contribution in [0.3, 0.4) is 0 Å². The van der Waals surface area contributed by atoms with Crippen LogP contribution in [-0.2, 0) is 32.7 Å². The summed E-state index contributed by atoms with van der Waals surface area (Å²) in [6, 6.07) is 0. The topological polar surface area (TPSA) is 111 Å². The van der Waals surface area contributed by atoms with E-state index in [0.29, 0.717) is 17.4 Å². The van der Waals surface area contributed by atoms with Gasteiger partial charge in [0.05, 0.1) is 27.7 Å². The molecule has 9 nitrogen and oxygen atoms in total. The number of phosphoric ester groups is 1. The van der Waals surface area contributed by atoms with E-state index in [0.717, 1.165) is 122 Å². The van der Waals surface area contributed by atoms with Gasteiger partial charge in [-0.2, -0.15) is 0 Å². The van der Waals surface area contributed by atoms with Crippen molar-refractivity contribution in [1.82, 2.24) is 0 Å². The third-order valence-corrected chi connectivity index (χ3v) is 14.0. The molecule has 10 heteroatoms. The first-order valence-corrected chi connectivity index (χ1v) is 32.7. The van der Waals surface area contributed by atoms with Crippen LogP contribution in [0.4, 0.5) is 0 Å². The molecule has 0 bridgehead atoms. The van der Waals surface area contributed by atoms with Crippen molar-refractivity contribution in [2.75, 3.05) is 47.5 Å². The van der Waals surface area contributed by atoms with Gasteiger partial charge in [0, 0.05) is 12.8 Å². The molecule has 78 heavy (non-hydrogen) atoms. The van der Waals surface area contributed by atoms with E-state index in [4.69, 9.17) is 18.5 Å². The molecule has 0 amide bonds. The normalized spacial score (nSPS) is 14.1. The fraction of sp³-hybridized carbons (Fsp3) is 0.676. The van der Waals surface area contributed by atoms with E-state index in [9.17, 15) is 19.0 Å². The molecule has 0 aromatic rings. The maximum Gasteiger partial charge on any atom is 0.306 e. The summed E-state index contributed by atoms with van der Waals surface area (Å²) in [5, 5.41) is 0. The predicted molar refractivity (Wildman–Crippen MR) is 332 cm³/mol. The second-order valence-corrected chi connectivity index (χ2v) is 23.1. The van der Waals surface area contributed by atoms with E-state index in [2.05, 4.69) is 135 Å². The van der Waals surface area contributed by atoms with Crippen molar-refractivity contribution in [1.29, 1.82) is 0 Å². The average molecular weight is 1110 g/mol. The zero-order valence-corrected chi connectivity index (χ0v) is 51.5. The van der Waals surface area contributed by atoms with Crippen molar-refractivity contribution in [3.8, 4) is 0 Å². The molecule has 0 aromatic carbocycles. The Hall–Kier alpha value is -3.59. The van der Waals surface area contributed by atoms with Crippen molar-refractivity contribution < 1.29 is 42.1 Å². The number of hydrogen-bond donors (Lipinski definition) is 0. The number of rotatable bonds is 56. The maximum atomic E-state index is 12.8. The third-order valence-electron chi connectivity index (χ3n) is 13.0. The molecular weight excluding hydrogens is 990 g/mol. The molecule has 2 unspecified atom stereocenters. The van der Waals surface area contributed by atoms with Gasteiger partial charge in [-0.3, -0.25) is 14.2 Å². The fourth-order valence-corrected chi connectivity index (χ4v) is 8.94. The molecule has 0 aliphatic rings. The summed E-state index contributed by atoms with van der Waals surface area (Å²) in [5.74, 6) is -0.851. The Morgan fingerprint density at radius 2 is 0.731 bits per heavy atom. The average Bonchev–Trinajstić information content (AvgIpc) is 3.41. The first-order valence-electron chi connectivity index (χ1n) is 31.2. The zero-order valence-electron chi connectivity index (χ0n) is 50.6. The molecule has 0 heterocycles. The highest BCUT2D eigenvalue weighted by Crippen LogP contribution is 2.38. The number of carbonyl (C=O) groups is 2. The lowest BCUT2D eigenvalue weighted by molar-refractivity contribution is -0.870. The number of hydrogen-bond acceptors (Lipinski definition) is 8. The van der Waals surface area contributed by atoms with Crippen LogP contribution < -0.4 is 4.89 Å². The first-order chi connectivity index (χ1) is 38.0. The summed E-state index contributed by atoms with van der Waals surface area (Å²) in [5.41, 5.74) is 0. The zero-order chi connectivity index (χ0) is 57.0. The molecule has 2 atom stereocenters. The second kappa shape index (κ2) is 58.1. The third kappa shape index (κ3) is 61.6. The molecule has 0 saturated carbocycles. The minimum absolute atomic E-state index is 0.0385. The van der Waals surface area contributed by atoms with Crippen LogP contribution in [-0.4, -0.2) is 70.0 Å². The van der Waals surface area contributed by atoms with Gasteiger partial charge in [0.25, 0.3) is 7.82 Å². The molecule has 0 fully saturated rings. The lowest BCUT2D eigenvalue weighted by Gasteiger charge is -2.28. The quantitative estimate of drug-likeness (QED) is 0.0195. The Kier molecular flexibility index (Phi) is 55.4.